The molecule has 1 unspecified atom stereocenters. The second-order valence-corrected chi connectivity index (χ2v) is 13.5. The molecule has 0 aliphatic carbocycles. The van der Waals surface area contributed by atoms with Crippen molar-refractivity contribution in [1.82, 2.24) is 0 Å². The van der Waals surface area contributed by atoms with E-state index < -0.39 is 12.1 Å². The monoisotopic (exact) mass is 713 g/mol. The van der Waals surface area contributed by atoms with Crippen LogP contribution >= 0.6 is 0 Å². The van der Waals surface area contributed by atoms with Gasteiger partial charge in [-0.15, -0.1) is 0 Å². The first-order valence-corrected chi connectivity index (χ1v) is 20.8. The van der Waals surface area contributed by atoms with Gasteiger partial charge in [-0.25, -0.2) is 0 Å². The molecule has 51 heavy (non-hydrogen) atoms. The minimum atomic E-state index is -0.805. The first-order chi connectivity index (χ1) is 25.0. The Hall–Kier alpha value is -2.89. The minimum absolute atomic E-state index is 0.103. The number of esters is 3. The topological polar surface area (TPSA) is 78.9 Å². The number of rotatable bonds is 36. The van der Waals surface area contributed by atoms with Crippen molar-refractivity contribution >= 4 is 17.9 Å². The van der Waals surface area contributed by atoms with Crippen LogP contribution in [0.1, 0.15) is 188 Å². The lowest BCUT2D eigenvalue weighted by atomic mass is 10.1. The van der Waals surface area contributed by atoms with Crippen LogP contribution in [0.5, 0.6) is 0 Å². The van der Waals surface area contributed by atoms with Crippen LogP contribution in [0.2, 0.25) is 0 Å². The lowest BCUT2D eigenvalue weighted by Gasteiger charge is -2.18. The van der Waals surface area contributed by atoms with E-state index >= 15 is 0 Å². The van der Waals surface area contributed by atoms with Crippen LogP contribution < -0.4 is 0 Å². The smallest absolute Gasteiger partial charge is 0.309 e. The molecular weight excluding hydrogens is 636 g/mol. The second kappa shape index (κ2) is 39.9. The lowest BCUT2D eigenvalue weighted by molar-refractivity contribution is -0.166. The fourth-order valence-corrected chi connectivity index (χ4v) is 5.45. The van der Waals surface area contributed by atoms with Crippen LogP contribution in [0.15, 0.2) is 60.8 Å². The SMILES string of the molecule is CC/C=C\C/C=C\C/C=C\C/C=C\C/C=C\CC(=O)OCC(COC(=O)CCCCCCCCCC)OC(=O)CCCCCCCCCCCC. The van der Waals surface area contributed by atoms with Crippen LogP contribution in [0.3, 0.4) is 0 Å². The number of carbonyl (C=O) groups is 3. The summed E-state index contributed by atoms with van der Waals surface area (Å²) in [6.07, 6.45) is 46.6. The number of hydrogen-bond acceptors (Lipinski definition) is 6. The van der Waals surface area contributed by atoms with Gasteiger partial charge >= 0.3 is 17.9 Å². The Bertz CT molecular complexity index is 960. The van der Waals surface area contributed by atoms with Crippen LogP contribution in [0, 0.1) is 0 Å². The van der Waals surface area contributed by atoms with Crippen molar-refractivity contribution in [2.75, 3.05) is 13.2 Å². The highest BCUT2D eigenvalue weighted by atomic mass is 16.6. The summed E-state index contributed by atoms with van der Waals surface area (Å²) in [5.74, 6) is -1.05. The van der Waals surface area contributed by atoms with Gasteiger partial charge in [0.25, 0.3) is 0 Å². The zero-order chi connectivity index (χ0) is 37.3. The number of carbonyl (C=O) groups excluding carboxylic acids is 3. The van der Waals surface area contributed by atoms with Crippen LogP contribution in [-0.2, 0) is 28.6 Å². The van der Waals surface area contributed by atoms with Crippen molar-refractivity contribution in [2.45, 2.75) is 194 Å². The average Bonchev–Trinajstić information content (AvgIpc) is 3.12. The Labute approximate surface area is 313 Å². The summed E-state index contributed by atoms with van der Waals surface area (Å²) in [7, 11) is 0. The van der Waals surface area contributed by atoms with E-state index in [1.165, 1.54) is 77.0 Å². The standard InChI is InChI=1S/C45H76O6/c1-4-7-10-13-16-19-21-22-23-24-25-27-29-32-35-38-44(47)50-41-42(40-49-43(46)37-34-31-28-18-15-12-9-6-3)51-45(48)39-36-33-30-26-20-17-14-11-8-5-2/h7,10,16,19,22-23,25,27,32,35,42H,4-6,8-9,11-15,17-18,20-21,24,26,28-31,33-34,36-41H2,1-3H3/b10-7-,19-16-,23-22-,27-25-,35-32-. The van der Waals surface area contributed by atoms with Crippen molar-refractivity contribution in [3.8, 4) is 0 Å². The summed E-state index contributed by atoms with van der Waals surface area (Å²) in [6, 6.07) is 0. The largest absolute Gasteiger partial charge is 0.462 e. The van der Waals surface area contributed by atoms with Crippen molar-refractivity contribution in [3.05, 3.63) is 60.8 Å². The highest BCUT2D eigenvalue weighted by Gasteiger charge is 2.19. The highest BCUT2D eigenvalue weighted by molar-refractivity contribution is 5.72. The van der Waals surface area contributed by atoms with Gasteiger partial charge in [0.15, 0.2) is 6.10 Å². The molecule has 6 heteroatoms. The van der Waals surface area contributed by atoms with E-state index in [4.69, 9.17) is 14.2 Å². The third-order valence-electron chi connectivity index (χ3n) is 8.57. The third-order valence-corrected chi connectivity index (χ3v) is 8.57. The van der Waals surface area contributed by atoms with Gasteiger partial charge in [-0.2, -0.15) is 0 Å². The third kappa shape index (κ3) is 38.2. The predicted octanol–water partition coefficient (Wildman–Crippen LogP) is 13.0. The van der Waals surface area contributed by atoms with Crippen LogP contribution in [0.25, 0.3) is 0 Å². The molecule has 0 radical (unpaired) electrons. The fourth-order valence-electron chi connectivity index (χ4n) is 5.45. The molecule has 1 atom stereocenters. The Balaban J connectivity index is 4.49. The van der Waals surface area contributed by atoms with Gasteiger partial charge in [0, 0.05) is 12.8 Å². The average molecular weight is 713 g/mol. The molecule has 0 aliphatic heterocycles. The van der Waals surface area contributed by atoms with E-state index in [9.17, 15) is 14.4 Å². The molecule has 0 saturated carbocycles. The highest BCUT2D eigenvalue weighted by Crippen LogP contribution is 2.13. The van der Waals surface area contributed by atoms with E-state index in [0.717, 1.165) is 70.6 Å². The molecule has 0 spiro atoms. The second-order valence-electron chi connectivity index (χ2n) is 13.5. The van der Waals surface area contributed by atoms with Crippen LogP contribution in [-0.4, -0.2) is 37.2 Å². The van der Waals surface area contributed by atoms with Crippen molar-refractivity contribution in [2.24, 2.45) is 0 Å². The van der Waals surface area contributed by atoms with Crippen LogP contribution in [0.4, 0.5) is 0 Å². The van der Waals surface area contributed by atoms with E-state index in [-0.39, 0.29) is 31.6 Å². The molecule has 6 nitrogen and oxygen atoms in total. The Morgan fingerprint density at radius 3 is 1.20 bits per heavy atom. The molecule has 0 rings (SSSR count). The summed E-state index contributed by atoms with van der Waals surface area (Å²) in [4.78, 5) is 37.4. The minimum Gasteiger partial charge on any atom is -0.462 e. The molecule has 292 valence electrons. The molecule has 0 aromatic carbocycles. The van der Waals surface area contributed by atoms with Crippen molar-refractivity contribution in [3.63, 3.8) is 0 Å². The van der Waals surface area contributed by atoms with Gasteiger partial charge in [-0.05, 0) is 44.9 Å². The number of ether oxygens (including phenoxy) is 3. The zero-order valence-electron chi connectivity index (χ0n) is 33.1. The number of hydrogen-bond donors (Lipinski definition) is 0. The first kappa shape index (κ1) is 48.1. The maximum atomic E-state index is 12.6. The molecule has 0 aromatic rings. The normalized spacial score (nSPS) is 12.6. The van der Waals surface area contributed by atoms with E-state index in [0.29, 0.717) is 12.8 Å². The summed E-state index contributed by atoms with van der Waals surface area (Å²) >= 11 is 0. The van der Waals surface area contributed by atoms with Gasteiger partial charge in [0.2, 0.25) is 0 Å². The lowest BCUT2D eigenvalue weighted by Crippen LogP contribution is -2.30. The summed E-state index contributed by atoms with van der Waals surface area (Å²) < 4.78 is 16.5. The molecule has 0 fully saturated rings. The Kier molecular flexibility index (Phi) is 37.6. The summed E-state index contributed by atoms with van der Waals surface area (Å²) in [6.45, 7) is 6.36. The van der Waals surface area contributed by atoms with Crippen molar-refractivity contribution < 1.29 is 28.6 Å². The molecule has 0 aromatic heterocycles. The van der Waals surface area contributed by atoms with Gasteiger partial charge < -0.3 is 14.2 Å². The fraction of sp³-hybridized carbons (Fsp3) is 0.711. The molecule has 0 N–H and O–H groups in total. The van der Waals surface area contributed by atoms with Gasteiger partial charge in [0.05, 0.1) is 6.42 Å². The van der Waals surface area contributed by atoms with Gasteiger partial charge in [-0.1, -0.05) is 184 Å². The molecule has 0 aliphatic rings. The molecular formula is C45H76O6. The Morgan fingerprint density at radius 1 is 0.412 bits per heavy atom. The predicted molar refractivity (Wildman–Crippen MR) is 215 cm³/mol. The van der Waals surface area contributed by atoms with Gasteiger partial charge in [0.1, 0.15) is 13.2 Å². The van der Waals surface area contributed by atoms with E-state index in [1.807, 2.05) is 6.08 Å². The summed E-state index contributed by atoms with van der Waals surface area (Å²) in [5, 5.41) is 0. The van der Waals surface area contributed by atoms with E-state index in [1.54, 1.807) is 6.08 Å². The quantitative estimate of drug-likeness (QED) is 0.0278. The maximum absolute atomic E-state index is 12.6. The van der Waals surface area contributed by atoms with E-state index in [2.05, 4.69) is 69.4 Å². The zero-order valence-corrected chi connectivity index (χ0v) is 33.1. The molecule has 0 heterocycles. The van der Waals surface area contributed by atoms with Crippen molar-refractivity contribution in [1.29, 1.82) is 0 Å². The molecule has 0 saturated heterocycles. The maximum Gasteiger partial charge on any atom is 0.309 e. The number of unbranched alkanes of at least 4 members (excludes halogenated alkanes) is 16. The number of allylic oxidation sites excluding steroid dienone is 9. The summed E-state index contributed by atoms with van der Waals surface area (Å²) in [5.41, 5.74) is 0. The first-order valence-electron chi connectivity index (χ1n) is 20.8. The Morgan fingerprint density at radius 2 is 0.765 bits per heavy atom. The van der Waals surface area contributed by atoms with Gasteiger partial charge in [-0.3, -0.25) is 14.4 Å². The molecule has 0 amide bonds. The molecule has 0 bridgehead atoms.